The van der Waals surface area contributed by atoms with E-state index < -0.39 is 41.7 Å². The van der Waals surface area contributed by atoms with Crippen molar-refractivity contribution in [2.24, 2.45) is 10.9 Å². The summed E-state index contributed by atoms with van der Waals surface area (Å²) in [4.78, 5) is 60.2. The van der Waals surface area contributed by atoms with Crippen molar-refractivity contribution in [3.63, 3.8) is 0 Å². The fourth-order valence-electron chi connectivity index (χ4n) is 4.31. The molecule has 0 aliphatic carbocycles. The first-order valence-electron chi connectivity index (χ1n) is 11.0. The number of aliphatic carboxylic acids is 1. The lowest BCUT2D eigenvalue weighted by atomic mass is 10.0. The minimum absolute atomic E-state index is 0.00606. The highest BCUT2D eigenvalue weighted by Gasteiger charge is 2.53. The van der Waals surface area contributed by atoms with Gasteiger partial charge < -0.3 is 36.6 Å². The molecule has 1 saturated heterocycles. The highest BCUT2D eigenvalue weighted by Crippen LogP contribution is 2.40. The van der Waals surface area contributed by atoms with Crippen LogP contribution in [-0.4, -0.2) is 77.4 Å². The Bertz CT molecular complexity index is 1590. The first-order valence-corrected chi connectivity index (χ1v) is 13.7. The Morgan fingerprint density at radius 3 is 2.79 bits per heavy atom. The zero-order chi connectivity index (χ0) is 28.0. The predicted octanol–water partition coefficient (Wildman–Crippen LogP) is -3.23. The van der Waals surface area contributed by atoms with E-state index in [0.717, 1.165) is 16.4 Å². The number of nitrogens with zero attached hydrogens (tertiary/aromatic N) is 6. The summed E-state index contributed by atoms with van der Waals surface area (Å²) >= 11 is 3.31. The Balaban J connectivity index is 1.40. The van der Waals surface area contributed by atoms with Crippen LogP contribution in [-0.2, 0) is 32.4 Å². The number of thioether (sulfide) groups is 1. The van der Waals surface area contributed by atoms with E-state index >= 15 is 0 Å². The maximum absolute atomic E-state index is 13.1. The van der Waals surface area contributed by atoms with Crippen LogP contribution in [0.1, 0.15) is 22.1 Å². The minimum Gasteiger partial charge on any atom is -0.543 e. The average Bonchev–Trinajstić information content (AvgIpc) is 3.60. The molecule has 16 nitrogen and oxygen atoms in total. The molecule has 3 aromatic heterocycles. The largest absolute Gasteiger partial charge is 0.543 e. The lowest BCUT2D eigenvalue weighted by molar-refractivity contribution is -0.696. The number of carboxylic acid groups (broad SMARTS) is 1. The first kappa shape index (κ1) is 26.5. The molecule has 39 heavy (non-hydrogen) atoms. The second-order valence-electron chi connectivity index (χ2n) is 8.17. The van der Waals surface area contributed by atoms with Crippen molar-refractivity contribution in [1.29, 1.82) is 0 Å². The molecule has 0 bridgehead atoms. The zero-order valence-corrected chi connectivity index (χ0v) is 22.3. The van der Waals surface area contributed by atoms with Crippen LogP contribution in [0.15, 0.2) is 28.0 Å². The van der Waals surface area contributed by atoms with Crippen LogP contribution < -0.4 is 26.5 Å². The van der Waals surface area contributed by atoms with Crippen molar-refractivity contribution in [3.8, 4) is 0 Å². The number of carbonyl (C=O) groups excluding carboxylic acids is 4. The van der Waals surface area contributed by atoms with Gasteiger partial charge in [-0.05, 0) is 0 Å². The number of aliphatic hydroxyl groups is 1. The number of nitrogens with two attached hydrogens (primary N) is 2. The van der Waals surface area contributed by atoms with Crippen molar-refractivity contribution >= 4 is 74.0 Å². The SMILES string of the molecule is CO/N=C(\C(=O)N[C@@H]1C(=O)N2C(C(=O)[O-])=C(C[n+]3cc4scc(C(N)=O)n4c3CO)CS[C@H]12)c1nsc(N)n1. The number of anilines is 1. The van der Waals surface area contributed by atoms with Crippen molar-refractivity contribution in [1.82, 2.24) is 24.0 Å². The number of nitrogens with one attached hydrogen (secondary N) is 1. The molecule has 0 spiro atoms. The van der Waals surface area contributed by atoms with Crippen LogP contribution in [0.25, 0.3) is 4.83 Å². The third-order valence-corrected chi connectivity index (χ3v) is 8.69. The van der Waals surface area contributed by atoms with Gasteiger partial charge >= 0.3 is 0 Å². The van der Waals surface area contributed by atoms with E-state index in [1.54, 1.807) is 16.1 Å². The van der Waals surface area contributed by atoms with Crippen molar-refractivity contribution in [2.75, 3.05) is 18.6 Å². The van der Waals surface area contributed by atoms with Crippen LogP contribution in [0, 0.1) is 0 Å². The number of thiazole rings is 1. The summed E-state index contributed by atoms with van der Waals surface area (Å²) in [6.07, 6.45) is 1.65. The van der Waals surface area contributed by atoms with Crippen molar-refractivity contribution in [2.45, 2.75) is 24.6 Å². The monoisotopic (exact) mass is 593 g/mol. The van der Waals surface area contributed by atoms with Gasteiger partial charge in [-0.2, -0.15) is 13.8 Å². The third-order valence-electron chi connectivity index (χ3n) is 5.94. The van der Waals surface area contributed by atoms with E-state index in [4.69, 9.17) is 16.3 Å². The van der Waals surface area contributed by atoms with E-state index in [1.807, 2.05) is 0 Å². The molecule has 3 aromatic rings. The smallest absolute Gasteiger partial charge is 0.289 e. The van der Waals surface area contributed by atoms with Gasteiger partial charge in [-0.1, -0.05) is 16.5 Å². The second kappa shape index (κ2) is 10.2. The molecule has 0 aromatic carbocycles. The summed E-state index contributed by atoms with van der Waals surface area (Å²) in [6, 6.07) is -1.06. The Morgan fingerprint density at radius 2 is 2.18 bits per heavy atom. The fraction of sp³-hybridized carbons (Fsp3) is 0.300. The normalized spacial score (nSPS) is 19.2. The number of aliphatic hydroxyl groups excluding tert-OH is 1. The Labute approximate surface area is 230 Å². The summed E-state index contributed by atoms with van der Waals surface area (Å²) in [5.74, 6) is -3.33. The fourth-order valence-corrected chi connectivity index (χ4v) is 7.03. The van der Waals surface area contributed by atoms with E-state index in [-0.39, 0.29) is 40.4 Å². The van der Waals surface area contributed by atoms with Crippen LogP contribution in [0.5, 0.6) is 0 Å². The number of fused-ring (bicyclic) bond motifs is 2. The number of imidazole rings is 1. The second-order valence-corrected chi connectivity index (χ2v) is 10.9. The molecule has 0 saturated carbocycles. The number of hydrogen-bond donors (Lipinski definition) is 4. The van der Waals surface area contributed by atoms with Crippen LogP contribution in [0.2, 0.25) is 0 Å². The lowest BCUT2D eigenvalue weighted by Gasteiger charge is -2.50. The number of amides is 3. The van der Waals surface area contributed by atoms with Gasteiger partial charge in [0.15, 0.2) is 5.13 Å². The zero-order valence-electron chi connectivity index (χ0n) is 19.9. The molecule has 1 fully saturated rings. The van der Waals surface area contributed by atoms with E-state index in [2.05, 4.69) is 19.8 Å². The lowest BCUT2D eigenvalue weighted by Crippen LogP contribution is -2.71. The van der Waals surface area contributed by atoms with Crippen LogP contribution >= 0.6 is 34.6 Å². The van der Waals surface area contributed by atoms with Gasteiger partial charge in [0.1, 0.15) is 37.9 Å². The third kappa shape index (κ3) is 4.47. The summed E-state index contributed by atoms with van der Waals surface area (Å²) in [7, 11) is 1.22. The van der Waals surface area contributed by atoms with Gasteiger partial charge in [-0.3, -0.25) is 19.3 Å². The van der Waals surface area contributed by atoms with Gasteiger partial charge in [-0.15, -0.1) is 11.8 Å². The quantitative estimate of drug-likeness (QED) is 0.0833. The number of aromatic nitrogens is 4. The first-order chi connectivity index (χ1) is 18.7. The molecular formula is C20H19N9O7S3. The summed E-state index contributed by atoms with van der Waals surface area (Å²) < 4.78 is 7.01. The maximum atomic E-state index is 13.1. The number of primary amides is 1. The molecule has 2 aliphatic heterocycles. The molecule has 0 unspecified atom stereocenters. The van der Waals surface area contributed by atoms with Gasteiger partial charge in [-0.25, -0.2) is 4.57 Å². The number of oxime groups is 1. The Kier molecular flexibility index (Phi) is 6.97. The van der Waals surface area contributed by atoms with Gasteiger partial charge in [0.05, 0.1) is 11.7 Å². The molecule has 5 heterocycles. The summed E-state index contributed by atoms with van der Waals surface area (Å²) in [5.41, 5.74) is 10.9. The van der Waals surface area contributed by atoms with Crippen LogP contribution in [0.3, 0.4) is 0 Å². The predicted molar refractivity (Wildman–Crippen MR) is 135 cm³/mol. The van der Waals surface area contributed by atoms with Gasteiger partial charge in [0.2, 0.25) is 22.1 Å². The average molecular weight is 594 g/mol. The maximum Gasteiger partial charge on any atom is 0.289 e. The molecular weight excluding hydrogens is 574 g/mol. The van der Waals surface area contributed by atoms with Crippen molar-refractivity contribution < 1.29 is 38.8 Å². The van der Waals surface area contributed by atoms with Gasteiger partial charge in [0, 0.05) is 28.2 Å². The van der Waals surface area contributed by atoms with Crippen molar-refractivity contribution in [3.05, 3.63) is 40.2 Å². The number of hydrogen-bond acceptors (Lipinski definition) is 14. The van der Waals surface area contributed by atoms with Gasteiger partial charge in [0.25, 0.3) is 23.5 Å². The Hall–Kier alpha value is -4.07. The van der Waals surface area contributed by atoms with Crippen LogP contribution in [0.4, 0.5) is 5.13 Å². The highest BCUT2D eigenvalue weighted by molar-refractivity contribution is 8.00. The highest BCUT2D eigenvalue weighted by atomic mass is 32.2. The number of nitrogen functional groups attached to an aromatic ring is 1. The molecule has 6 N–H and O–H groups in total. The molecule has 5 rings (SSSR count). The number of carboxylic acids is 1. The topological polar surface area (TPSA) is 235 Å². The molecule has 2 atom stereocenters. The number of rotatable bonds is 9. The standard InChI is InChI=1S/C20H19N9O7S3/c1-36-25-11(15-24-20(22)39-26-15)16(32)23-12-17(33)29-13(19(34)35)7(5-38-18(12)29)2-27-3-10-28(9(27)4-30)8(6-37-10)14(21)31/h3,6,12,18,30H,2,4-5H2,1H3,(H5-,21,22,23,24,26,31,32,34,35)/b25-11-/t12-,18-/m1/s1. The Morgan fingerprint density at radius 1 is 1.41 bits per heavy atom. The molecule has 19 heteroatoms. The number of carbonyl (C=O) groups is 4. The van der Waals surface area contributed by atoms with E-state index in [0.29, 0.717) is 16.2 Å². The van der Waals surface area contributed by atoms with E-state index in [1.165, 1.54) is 34.6 Å². The molecule has 2 aliphatic rings. The van der Waals surface area contributed by atoms with E-state index in [9.17, 15) is 29.4 Å². The molecule has 204 valence electrons. The number of β-lactam (4-membered cyclic amide) rings is 1. The minimum atomic E-state index is -1.57. The summed E-state index contributed by atoms with van der Waals surface area (Å²) in [6.45, 7) is -0.468. The molecule has 3 amide bonds. The summed E-state index contributed by atoms with van der Waals surface area (Å²) in [5, 5.41) is 29.3. The molecule has 0 radical (unpaired) electrons.